The molecule has 53 heavy (non-hydrogen) atoms. The van der Waals surface area contributed by atoms with E-state index in [-0.39, 0.29) is 28.4 Å². The number of anilines is 2. The first kappa shape index (κ1) is 38.3. The number of ether oxygens (including phenoxy) is 2. The van der Waals surface area contributed by atoms with Crippen molar-refractivity contribution in [2.45, 2.75) is 20.3 Å². The summed E-state index contributed by atoms with van der Waals surface area (Å²) < 4.78 is 10.8. The van der Waals surface area contributed by atoms with Crippen LogP contribution in [0.25, 0.3) is 10.8 Å². The van der Waals surface area contributed by atoms with Crippen LogP contribution >= 0.6 is 11.6 Å². The van der Waals surface area contributed by atoms with Crippen LogP contribution in [0.3, 0.4) is 0 Å². The van der Waals surface area contributed by atoms with Crippen LogP contribution in [0.15, 0.2) is 101 Å². The number of aromatic hydroxyl groups is 1. The Morgan fingerprint density at radius 3 is 2.19 bits per heavy atom. The van der Waals surface area contributed by atoms with Gasteiger partial charge in [-0.05, 0) is 98.2 Å². The van der Waals surface area contributed by atoms with Crippen molar-refractivity contribution in [3.63, 3.8) is 0 Å². The average Bonchev–Trinajstić information content (AvgIpc) is 3.17. The lowest BCUT2D eigenvalue weighted by atomic mass is 10.0. The van der Waals surface area contributed by atoms with Crippen molar-refractivity contribution < 1.29 is 29.0 Å². The second kappa shape index (κ2) is 18.0. The molecule has 0 aliphatic carbocycles. The Kier molecular flexibility index (Phi) is 13.0. The van der Waals surface area contributed by atoms with Crippen LogP contribution in [-0.4, -0.2) is 68.1 Å². The fourth-order valence-electron chi connectivity index (χ4n) is 5.63. The highest BCUT2D eigenvalue weighted by atomic mass is 35.5. The Bertz CT molecular complexity index is 2140. The Morgan fingerprint density at radius 2 is 1.47 bits per heavy atom. The average molecular weight is 737 g/mol. The van der Waals surface area contributed by atoms with E-state index in [1.807, 2.05) is 0 Å². The molecule has 0 unspecified atom stereocenters. The number of fused-ring (bicyclic) bond motifs is 1. The Hall–Kier alpha value is -5.98. The zero-order chi connectivity index (χ0) is 37.9. The molecule has 0 bridgehead atoms. The minimum atomic E-state index is -0.624. The lowest BCUT2D eigenvalue weighted by molar-refractivity contribution is 0.0950. The van der Waals surface area contributed by atoms with Gasteiger partial charge in [0, 0.05) is 33.8 Å². The van der Waals surface area contributed by atoms with Gasteiger partial charge in [0.2, 0.25) is 0 Å². The molecule has 0 atom stereocenters. The van der Waals surface area contributed by atoms with E-state index in [0.717, 1.165) is 26.1 Å². The molecular formula is C40H41ClN6O6. The number of amides is 3. The summed E-state index contributed by atoms with van der Waals surface area (Å²) in [6.45, 7) is 7.66. The van der Waals surface area contributed by atoms with E-state index in [2.05, 4.69) is 44.9 Å². The topological polar surface area (TPSA) is 154 Å². The van der Waals surface area contributed by atoms with E-state index in [1.54, 1.807) is 78.9 Å². The third-order valence-electron chi connectivity index (χ3n) is 8.58. The van der Waals surface area contributed by atoms with Gasteiger partial charge in [-0.1, -0.05) is 49.7 Å². The molecule has 3 amide bonds. The molecule has 274 valence electrons. The maximum atomic E-state index is 13.5. The second-order valence-electron chi connectivity index (χ2n) is 11.9. The molecule has 0 aromatic heterocycles. The van der Waals surface area contributed by atoms with Crippen LogP contribution in [-0.2, 0) is 0 Å². The molecule has 0 heterocycles. The summed E-state index contributed by atoms with van der Waals surface area (Å²) in [7, 11) is 2.92. The van der Waals surface area contributed by atoms with Crippen molar-refractivity contribution in [1.29, 1.82) is 0 Å². The molecule has 5 rings (SSSR count). The number of phenolic OH excluding ortho intramolecular Hbond substituents is 1. The number of halogens is 1. The van der Waals surface area contributed by atoms with Gasteiger partial charge in [-0.2, -0.15) is 0 Å². The zero-order valence-corrected chi connectivity index (χ0v) is 30.7. The monoisotopic (exact) mass is 736 g/mol. The van der Waals surface area contributed by atoms with Crippen molar-refractivity contribution in [3.05, 3.63) is 113 Å². The van der Waals surface area contributed by atoms with E-state index in [9.17, 15) is 19.5 Å². The predicted octanol–water partition coefficient (Wildman–Crippen LogP) is 8.60. The standard InChI is InChI=1S/C40H41ClN6O6/c1-5-47(6-2)21-9-20-42-38(49)25-12-16-29(17-13-25)43-39(50)27-14-18-35(53-4)33(23-27)45-46-36-30-11-8-7-10-26(30)22-31(37(36)48)40(51)44-32-24-28(41)15-19-34(32)52-3/h7-8,10-19,22-24,48H,5-6,9,20-21H2,1-4H3,(H,42,49)(H,43,50)(H,44,51). The van der Waals surface area contributed by atoms with Crippen LogP contribution in [0.2, 0.25) is 5.02 Å². The summed E-state index contributed by atoms with van der Waals surface area (Å²) in [4.78, 5) is 41.7. The first-order valence-electron chi connectivity index (χ1n) is 17.1. The lowest BCUT2D eigenvalue weighted by Gasteiger charge is -2.17. The molecule has 0 spiro atoms. The van der Waals surface area contributed by atoms with E-state index in [4.69, 9.17) is 21.1 Å². The molecule has 0 aliphatic rings. The van der Waals surface area contributed by atoms with E-state index < -0.39 is 17.6 Å². The van der Waals surface area contributed by atoms with Crippen molar-refractivity contribution in [3.8, 4) is 17.2 Å². The van der Waals surface area contributed by atoms with Crippen LogP contribution in [0.4, 0.5) is 22.7 Å². The summed E-state index contributed by atoms with van der Waals surface area (Å²) in [6, 6.07) is 24.7. The molecule has 0 fully saturated rings. The third-order valence-corrected chi connectivity index (χ3v) is 8.82. The molecule has 0 saturated carbocycles. The van der Waals surface area contributed by atoms with Gasteiger partial charge < -0.3 is 35.4 Å². The molecule has 0 aliphatic heterocycles. The predicted molar refractivity (Wildman–Crippen MR) is 208 cm³/mol. The number of nitrogens with zero attached hydrogens (tertiary/aromatic N) is 3. The van der Waals surface area contributed by atoms with Gasteiger partial charge in [0.15, 0.2) is 5.75 Å². The van der Waals surface area contributed by atoms with Crippen LogP contribution in [0, 0.1) is 0 Å². The van der Waals surface area contributed by atoms with Crippen molar-refractivity contribution in [2.75, 3.05) is 51.0 Å². The van der Waals surface area contributed by atoms with Crippen LogP contribution < -0.4 is 25.4 Å². The molecule has 0 radical (unpaired) electrons. The lowest BCUT2D eigenvalue weighted by Crippen LogP contribution is -2.29. The summed E-state index contributed by atoms with van der Waals surface area (Å²) >= 11 is 6.15. The zero-order valence-electron chi connectivity index (χ0n) is 29.9. The van der Waals surface area contributed by atoms with Gasteiger partial charge in [-0.3, -0.25) is 14.4 Å². The number of carbonyl (C=O) groups excluding carboxylic acids is 3. The Morgan fingerprint density at radius 1 is 0.774 bits per heavy atom. The smallest absolute Gasteiger partial charge is 0.259 e. The van der Waals surface area contributed by atoms with Gasteiger partial charge >= 0.3 is 0 Å². The molecule has 12 nitrogen and oxygen atoms in total. The number of carbonyl (C=O) groups is 3. The largest absolute Gasteiger partial charge is 0.505 e. The first-order valence-corrected chi connectivity index (χ1v) is 17.4. The van der Waals surface area contributed by atoms with E-state index in [1.165, 1.54) is 26.4 Å². The molecular weight excluding hydrogens is 696 g/mol. The normalized spacial score (nSPS) is 11.1. The van der Waals surface area contributed by atoms with Gasteiger partial charge in [0.05, 0.1) is 25.5 Å². The molecule has 5 aromatic rings. The fourth-order valence-corrected chi connectivity index (χ4v) is 5.80. The number of methoxy groups -OCH3 is 2. The van der Waals surface area contributed by atoms with Crippen molar-refractivity contribution in [2.24, 2.45) is 10.2 Å². The quantitative estimate of drug-likeness (QED) is 0.0620. The minimum Gasteiger partial charge on any atom is -0.505 e. The maximum Gasteiger partial charge on any atom is 0.259 e. The Balaban J connectivity index is 1.34. The second-order valence-corrected chi connectivity index (χ2v) is 12.3. The number of azo groups is 1. The summed E-state index contributed by atoms with van der Waals surface area (Å²) in [5, 5.41) is 30.2. The molecule has 13 heteroatoms. The first-order chi connectivity index (χ1) is 25.6. The number of nitrogens with one attached hydrogen (secondary N) is 3. The van der Waals surface area contributed by atoms with Gasteiger partial charge in [-0.15, -0.1) is 10.2 Å². The summed E-state index contributed by atoms with van der Waals surface area (Å²) in [6.07, 6.45) is 0.854. The van der Waals surface area contributed by atoms with Crippen LogP contribution in [0.1, 0.15) is 51.3 Å². The minimum absolute atomic E-state index is 0.0382. The van der Waals surface area contributed by atoms with Crippen LogP contribution in [0.5, 0.6) is 17.2 Å². The summed E-state index contributed by atoms with van der Waals surface area (Å²) in [5.74, 6) is -0.934. The molecule has 5 aromatic carbocycles. The highest BCUT2D eigenvalue weighted by Gasteiger charge is 2.20. The maximum absolute atomic E-state index is 13.5. The third kappa shape index (κ3) is 9.47. The van der Waals surface area contributed by atoms with E-state index >= 15 is 0 Å². The SMILES string of the molecule is CCN(CC)CCCNC(=O)c1ccc(NC(=O)c2ccc(OC)c(N=Nc3c(O)c(C(=O)Nc4cc(Cl)ccc4OC)cc4ccccc34)c2)cc1. The van der Waals surface area contributed by atoms with Gasteiger partial charge in [0.1, 0.15) is 22.9 Å². The number of phenols is 1. The number of hydrogen-bond acceptors (Lipinski definition) is 9. The fraction of sp³-hybridized carbons (Fsp3) is 0.225. The number of hydrogen-bond donors (Lipinski definition) is 4. The van der Waals surface area contributed by atoms with Gasteiger partial charge in [0.25, 0.3) is 17.7 Å². The number of benzene rings is 5. The molecule has 0 saturated heterocycles. The van der Waals surface area contributed by atoms with Crippen molar-refractivity contribution >= 4 is 62.8 Å². The summed E-state index contributed by atoms with van der Waals surface area (Å²) in [5.41, 5.74) is 1.74. The number of rotatable bonds is 15. The van der Waals surface area contributed by atoms with Crippen molar-refractivity contribution in [1.82, 2.24) is 10.2 Å². The molecule has 4 N–H and O–H groups in total. The highest BCUT2D eigenvalue weighted by molar-refractivity contribution is 6.31. The Labute approximate surface area is 312 Å². The van der Waals surface area contributed by atoms with E-state index in [0.29, 0.717) is 50.8 Å². The highest BCUT2D eigenvalue weighted by Crippen LogP contribution is 2.41. The van der Waals surface area contributed by atoms with Gasteiger partial charge in [-0.25, -0.2) is 0 Å².